The number of nitrogens with two attached hydrogens (primary N) is 4. The lowest BCUT2D eigenvalue weighted by Gasteiger charge is -2.23. The number of amides is 2. The SMILES string of the molecule is NCCCC[C@H](NC(=O)[C@@H](CCCCN)NC(=O)[C@@H](N)CCCCN)C(=O)O. The van der Waals surface area contributed by atoms with Gasteiger partial charge < -0.3 is 38.7 Å². The van der Waals surface area contributed by atoms with Crippen molar-refractivity contribution in [2.75, 3.05) is 19.6 Å². The van der Waals surface area contributed by atoms with Crippen molar-refractivity contribution >= 4 is 17.8 Å². The molecule has 2 amide bonds. The molecule has 0 rings (SSSR count). The van der Waals surface area contributed by atoms with E-state index in [2.05, 4.69) is 10.6 Å². The van der Waals surface area contributed by atoms with Gasteiger partial charge in [-0.3, -0.25) is 9.59 Å². The zero-order valence-corrected chi connectivity index (χ0v) is 16.7. The van der Waals surface area contributed by atoms with Crippen LogP contribution in [0.15, 0.2) is 0 Å². The molecule has 28 heavy (non-hydrogen) atoms. The molecule has 0 aliphatic carbocycles. The monoisotopic (exact) mass is 402 g/mol. The average molecular weight is 403 g/mol. The van der Waals surface area contributed by atoms with Crippen molar-refractivity contribution in [1.29, 1.82) is 0 Å². The van der Waals surface area contributed by atoms with E-state index in [1.807, 2.05) is 0 Å². The molecule has 0 aliphatic heterocycles. The second-order valence-corrected chi connectivity index (χ2v) is 6.92. The third kappa shape index (κ3) is 11.9. The number of hydrogen-bond acceptors (Lipinski definition) is 7. The van der Waals surface area contributed by atoms with Crippen molar-refractivity contribution < 1.29 is 19.5 Å². The van der Waals surface area contributed by atoms with Crippen molar-refractivity contribution in [3.05, 3.63) is 0 Å². The van der Waals surface area contributed by atoms with Gasteiger partial charge in [-0.2, -0.15) is 0 Å². The van der Waals surface area contributed by atoms with Crippen LogP contribution < -0.4 is 33.6 Å². The van der Waals surface area contributed by atoms with E-state index in [-0.39, 0.29) is 6.42 Å². The Bertz CT molecular complexity index is 463. The topological polar surface area (TPSA) is 200 Å². The highest BCUT2D eigenvalue weighted by atomic mass is 16.4. The smallest absolute Gasteiger partial charge is 0.326 e. The Hall–Kier alpha value is -1.75. The molecule has 0 saturated heterocycles. The molecular weight excluding hydrogens is 364 g/mol. The van der Waals surface area contributed by atoms with Crippen LogP contribution in [0.2, 0.25) is 0 Å². The lowest BCUT2D eigenvalue weighted by atomic mass is 10.0. The number of carbonyl (C=O) groups excluding carboxylic acids is 2. The Morgan fingerprint density at radius 1 is 0.679 bits per heavy atom. The molecule has 0 spiro atoms. The number of nitrogens with one attached hydrogen (secondary N) is 2. The molecule has 11 N–H and O–H groups in total. The minimum absolute atomic E-state index is 0.278. The zero-order chi connectivity index (χ0) is 21.4. The summed E-state index contributed by atoms with van der Waals surface area (Å²) in [7, 11) is 0. The van der Waals surface area contributed by atoms with Crippen LogP contribution in [0.25, 0.3) is 0 Å². The maximum absolute atomic E-state index is 12.6. The van der Waals surface area contributed by atoms with Gasteiger partial charge in [0.15, 0.2) is 0 Å². The molecule has 164 valence electrons. The fourth-order valence-electron chi connectivity index (χ4n) is 2.70. The summed E-state index contributed by atoms with van der Waals surface area (Å²) in [6, 6.07) is -2.61. The second-order valence-electron chi connectivity index (χ2n) is 6.92. The van der Waals surface area contributed by atoms with Crippen LogP contribution in [0.3, 0.4) is 0 Å². The Morgan fingerprint density at radius 2 is 1.11 bits per heavy atom. The summed E-state index contributed by atoms with van der Waals surface area (Å²) in [5, 5.41) is 14.5. The summed E-state index contributed by atoms with van der Waals surface area (Å²) in [4.78, 5) is 36.3. The van der Waals surface area contributed by atoms with E-state index in [1.165, 1.54) is 0 Å². The van der Waals surface area contributed by atoms with Gasteiger partial charge in [-0.15, -0.1) is 0 Å². The van der Waals surface area contributed by atoms with Crippen molar-refractivity contribution in [1.82, 2.24) is 10.6 Å². The zero-order valence-electron chi connectivity index (χ0n) is 16.7. The highest BCUT2D eigenvalue weighted by Gasteiger charge is 2.27. The number of rotatable bonds is 17. The van der Waals surface area contributed by atoms with Gasteiger partial charge in [0.25, 0.3) is 0 Å². The lowest BCUT2D eigenvalue weighted by molar-refractivity contribution is -0.142. The minimum atomic E-state index is -1.11. The largest absolute Gasteiger partial charge is 0.480 e. The van der Waals surface area contributed by atoms with E-state index in [0.29, 0.717) is 58.2 Å². The van der Waals surface area contributed by atoms with Crippen LogP contribution >= 0.6 is 0 Å². The van der Waals surface area contributed by atoms with Crippen LogP contribution in [0.1, 0.15) is 57.8 Å². The molecule has 3 atom stereocenters. The molecule has 0 aliphatic rings. The predicted octanol–water partition coefficient (Wildman–Crippen LogP) is -1.25. The van der Waals surface area contributed by atoms with Crippen molar-refractivity contribution in [3.8, 4) is 0 Å². The number of carboxylic acids is 1. The number of carboxylic acid groups (broad SMARTS) is 1. The Balaban J connectivity index is 4.86. The van der Waals surface area contributed by atoms with E-state index in [4.69, 9.17) is 22.9 Å². The van der Waals surface area contributed by atoms with E-state index >= 15 is 0 Å². The summed E-state index contributed by atoms with van der Waals surface area (Å²) in [5.74, 6) is -2.07. The first-order chi connectivity index (χ1) is 13.4. The van der Waals surface area contributed by atoms with Crippen LogP contribution in [-0.4, -0.2) is 60.6 Å². The molecule has 0 saturated carbocycles. The molecule has 0 fully saturated rings. The maximum Gasteiger partial charge on any atom is 0.326 e. The average Bonchev–Trinajstić information content (AvgIpc) is 2.66. The number of unbranched alkanes of at least 4 members (excludes halogenated alkanes) is 3. The highest BCUT2D eigenvalue weighted by molar-refractivity contribution is 5.91. The first kappa shape index (κ1) is 26.2. The molecule has 10 heteroatoms. The molecule has 0 unspecified atom stereocenters. The van der Waals surface area contributed by atoms with Gasteiger partial charge in [0.1, 0.15) is 12.1 Å². The van der Waals surface area contributed by atoms with Crippen molar-refractivity contribution in [2.45, 2.75) is 75.9 Å². The second kappa shape index (κ2) is 16.2. The third-order valence-corrected chi connectivity index (χ3v) is 4.45. The Morgan fingerprint density at radius 3 is 1.57 bits per heavy atom. The van der Waals surface area contributed by atoms with E-state index in [0.717, 1.165) is 12.8 Å². The highest BCUT2D eigenvalue weighted by Crippen LogP contribution is 2.06. The van der Waals surface area contributed by atoms with Crippen LogP contribution in [-0.2, 0) is 14.4 Å². The number of hydrogen-bond donors (Lipinski definition) is 7. The third-order valence-electron chi connectivity index (χ3n) is 4.45. The Labute approximate surface area is 167 Å². The molecule has 0 radical (unpaired) electrons. The standard InChI is InChI=1S/C18H38N6O4/c19-10-4-1-7-13(22)16(25)23-14(8-2-5-11-20)17(26)24-15(18(27)28)9-3-6-12-21/h13-15H,1-12,19-22H2,(H,23,25)(H,24,26)(H,27,28)/t13-,14+,15-/m0/s1. The molecule has 10 nitrogen and oxygen atoms in total. The van der Waals surface area contributed by atoms with Gasteiger partial charge in [-0.05, 0) is 71.0 Å². The van der Waals surface area contributed by atoms with E-state index < -0.39 is 35.9 Å². The van der Waals surface area contributed by atoms with Crippen molar-refractivity contribution in [3.63, 3.8) is 0 Å². The van der Waals surface area contributed by atoms with Gasteiger partial charge in [0.05, 0.1) is 6.04 Å². The summed E-state index contributed by atoms with van der Waals surface area (Å²) in [6.45, 7) is 1.46. The lowest BCUT2D eigenvalue weighted by Crippen LogP contribution is -2.54. The number of aliphatic carboxylic acids is 1. The van der Waals surface area contributed by atoms with Crippen molar-refractivity contribution in [2.24, 2.45) is 22.9 Å². The normalized spacial score (nSPS) is 14.1. The summed E-state index contributed by atoms with van der Waals surface area (Å²) < 4.78 is 0. The summed E-state index contributed by atoms with van der Waals surface area (Å²) >= 11 is 0. The van der Waals surface area contributed by atoms with Gasteiger partial charge in [-0.1, -0.05) is 6.42 Å². The first-order valence-corrected chi connectivity index (χ1v) is 10.1. The van der Waals surface area contributed by atoms with E-state index in [1.54, 1.807) is 0 Å². The first-order valence-electron chi connectivity index (χ1n) is 10.1. The molecular formula is C18H38N6O4. The quantitative estimate of drug-likeness (QED) is 0.146. The minimum Gasteiger partial charge on any atom is -0.480 e. The van der Waals surface area contributed by atoms with Gasteiger partial charge in [-0.25, -0.2) is 4.79 Å². The fourth-order valence-corrected chi connectivity index (χ4v) is 2.70. The van der Waals surface area contributed by atoms with Gasteiger partial charge in [0, 0.05) is 0 Å². The Kier molecular flexibility index (Phi) is 15.2. The molecule has 0 heterocycles. The van der Waals surface area contributed by atoms with Gasteiger partial charge in [0.2, 0.25) is 11.8 Å². The fraction of sp³-hybridized carbons (Fsp3) is 0.833. The molecule has 0 bridgehead atoms. The van der Waals surface area contributed by atoms with E-state index in [9.17, 15) is 19.5 Å². The summed E-state index contributed by atoms with van der Waals surface area (Å²) in [5.41, 5.74) is 22.2. The molecule has 0 aromatic heterocycles. The van der Waals surface area contributed by atoms with Gasteiger partial charge >= 0.3 is 5.97 Å². The maximum atomic E-state index is 12.6. The predicted molar refractivity (Wildman–Crippen MR) is 108 cm³/mol. The van der Waals surface area contributed by atoms with Crippen LogP contribution in [0, 0.1) is 0 Å². The van der Waals surface area contributed by atoms with Crippen LogP contribution in [0.4, 0.5) is 0 Å². The summed E-state index contributed by atoms with van der Waals surface area (Å²) in [6.07, 6.45) is 5.18. The molecule has 0 aromatic carbocycles. The van der Waals surface area contributed by atoms with Crippen LogP contribution in [0.5, 0.6) is 0 Å². The molecule has 0 aromatic rings. The number of carbonyl (C=O) groups is 3.